The van der Waals surface area contributed by atoms with Crippen LogP contribution >= 0.6 is 35.0 Å². The third-order valence-electron chi connectivity index (χ3n) is 4.95. The van der Waals surface area contributed by atoms with Crippen LogP contribution < -0.4 is 9.47 Å². The molecule has 0 saturated heterocycles. The lowest BCUT2D eigenvalue weighted by Crippen LogP contribution is -2.13. The molecule has 2 heterocycles. The Morgan fingerprint density at radius 3 is 2.87 bits per heavy atom. The van der Waals surface area contributed by atoms with E-state index in [9.17, 15) is 0 Å². The first-order valence-corrected chi connectivity index (χ1v) is 11.4. The van der Waals surface area contributed by atoms with Crippen LogP contribution in [0.5, 0.6) is 11.5 Å². The summed E-state index contributed by atoms with van der Waals surface area (Å²) in [6.45, 7) is 1.09. The molecule has 1 fully saturated rings. The van der Waals surface area contributed by atoms with Crippen molar-refractivity contribution in [3.8, 4) is 11.5 Å². The summed E-state index contributed by atoms with van der Waals surface area (Å²) in [5.41, 5.74) is 2.01. The molecule has 0 atom stereocenters. The van der Waals surface area contributed by atoms with Crippen molar-refractivity contribution in [1.29, 1.82) is 0 Å². The van der Waals surface area contributed by atoms with E-state index in [0.29, 0.717) is 40.8 Å². The minimum absolute atomic E-state index is 0.258. The number of rotatable bonds is 7. The van der Waals surface area contributed by atoms with E-state index in [-0.39, 0.29) is 6.79 Å². The molecule has 2 aromatic carbocycles. The Kier molecular flexibility index (Phi) is 5.78. The van der Waals surface area contributed by atoms with E-state index < -0.39 is 0 Å². The van der Waals surface area contributed by atoms with Gasteiger partial charge in [-0.15, -0.1) is 10.2 Å². The Balaban J connectivity index is 1.34. The number of para-hydroxylation sites is 1. The molecule has 0 amide bonds. The third-order valence-corrected chi connectivity index (χ3v) is 6.47. The van der Waals surface area contributed by atoms with Crippen molar-refractivity contribution in [1.82, 2.24) is 14.8 Å². The van der Waals surface area contributed by atoms with E-state index >= 15 is 0 Å². The topological polar surface area (TPSA) is 58.4 Å². The highest BCUT2D eigenvalue weighted by Gasteiger charge is 2.30. The Bertz CT molecular complexity index is 1070. The van der Waals surface area contributed by atoms with Gasteiger partial charge in [-0.1, -0.05) is 47.1 Å². The molecule has 0 bridgehead atoms. The molecule has 5 rings (SSSR count). The van der Waals surface area contributed by atoms with Crippen LogP contribution in [0.25, 0.3) is 0 Å². The fourth-order valence-corrected chi connectivity index (χ4v) is 4.86. The predicted molar refractivity (Wildman–Crippen MR) is 115 cm³/mol. The van der Waals surface area contributed by atoms with Gasteiger partial charge in [0.25, 0.3) is 0 Å². The molecule has 1 aliphatic carbocycles. The highest BCUT2D eigenvalue weighted by Crippen LogP contribution is 2.41. The predicted octanol–water partition coefficient (Wildman–Crippen LogP) is 5.66. The number of halogens is 2. The molecular weight excluding hydrogens is 445 g/mol. The van der Waals surface area contributed by atoms with Gasteiger partial charge in [-0.2, -0.15) is 0 Å². The number of nitrogens with zero attached hydrogens (tertiary/aromatic N) is 3. The van der Waals surface area contributed by atoms with Gasteiger partial charge in [0.05, 0.1) is 11.6 Å². The lowest BCUT2D eigenvalue weighted by molar-refractivity contribution is -0.0168. The molecule has 156 valence electrons. The average Bonchev–Trinajstić information content (AvgIpc) is 3.51. The normalized spacial score (nSPS) is 15.5. The van der Waals surface area contributed by atoms with Crippen LogP contribution in [-0.4, -0.2) is 21.6 Å². The Morgan fingerprint density at radius 2 is 2.03 bits per heavy atom. The quantitative estimate of drug-likeness (QED) is 0.421. The summed E-state index contributed by atoms with van der Waals surface area (Å²) in [6.07, 6.45) is 2.25. The van der Waals surface area contributed by atoms with Gasteiger partial charge in [0, 0.05) is 27.9 Å². The van der Waals surface area contributed by atoms with Crippen LogP contribution in [0.3, 0.4) is 0 Å². The number of fused-ring (bicyclic) bond motifs is 1. The maximum Gasteiger partial charge on any atom is 0.191 e. The fourth-order valence-electron chi connectivity index (χ4n) is 3.41. The van der Waals surface area contributed by atoms with Crippen molar-refractivity contribution >= 4 is 35.0 Å². The van der Waals surface area contributed by atoms with Crippen LogP contribution in [-0.2, 0) is 23.7 Å². The van der Waals surface area contributed by atoms with Gasteiger partial charge in [0.1, 0.15) is 18.1 Å². The van der Waals surface area contributed by atoms with Crippen molar-refractivity contribution < 1.29 is 14.2 Å². The molecule has 30 heavy (non-hydrogen) atoms. The van der Waals surface area contributed by atoms with Gasteiger partial charge in [-0.3, -0.25) is 4.57 Å². The maximum absolute atomic E-state index is 6.29. The van der Waals surface area contributed by atoms with Gasteiger partial charge in [-0.25, -0.2) is 0 Å². The summed E-state index contributed by atoms with van der Waals surface area (Å²) in [5.74, 6) is 2.98. The second-order valence-corrected chi connectivity index (χ2v) is 8.96. The molecule has 3 aromatic rings. The standard InChI is InChI=1S/C21H19Cl2N3O3S/c22-15-7-13-9-27-12-29-20(13)14(8-15)11-30-21-25-24-19(26(21)16-5-6-16)10-28-18-4-2-1-3-17(18)23/h1-4,7-8,16H,5-6,9-12H2. The summed E-state index contributed by atoms with van der Waals surface area (Å²) in [5, 5.41) is 10.9. The molecule has 1 aromatic heterocycles. The van der Waals surface area contributed by atoms with Crippen LogP contribution in [0.1, 0.15) is 35.8 Å². The molecule has 1 aliphatic heterocycles. The average molecular weight is 464 g/mol. The van der Waals surface area contributed by atoms with E-state index in [4.69, 9.17) is 37.4 Å². The monoisotopic (exact) mass is 463 g/mol. The molecule has 0 unspecified atom stereocenters. The first-order valence-electron chi connectivity index (χ1n) is 9.65. The number of ether oxygens (including phenoxy) is 3. The smallest absolute Gasteiger partial charge is 0.191 e. The summed E-state index contributed by atoms with van der Waals surface area (Å²) in [4.78, 5) is 0. The molecule has 0 radical (unpaired) electrons. The molecule has 1 saturated carbocycles. The summed E-state index contributed by atoms with van der Waals surface area (Å²) < 4.78 is 19.2. The molecular formula is C21H19Cl2N3O3S. The fraction of sp³-hybridized carbons (Fsp3) is 0.333. The minimum atomic E-state index is 0.258. The minimum Gasteiger partial charge on any atom is -0.484 e. The highest BCUT2D eigenvalue weighted by atomic mass is 35.5. The van der Waals surface area contributed by atoms with Gasteiger partial charge >= 0.3 is 0 Å². The zero-order valence-electron chi connectivity index (χ0n) is 16.0. The van der Waals surface area contributed by atoms with Crippen molar-refractivity contribution in [2.75, 3.05) is 6.79 Å². The second kappa shape index (κ2) is 8.67. The van der Waals surface area contributed by atoms with E-state index in [1.807, 2.05) is 36.4 Å². The zero-order valence-corrected chi connectivity index (χ0v) is 18.3. The van der Waals surface area contributed by atoms with Crippen molar-refractivity contribution in [2.45, 2.75) is 43.0 Å². The number of aromatic nitrogens is 3. The van der Waals surface area contributed by atoms with Crippen LogP contribution in [0.15, 0.2) is 41.6 Å². The van der Waals surface area contributed by atoms with E-state index in [1.165, 1.54) is 0 Å². The lowest BCUT2D eigenvalue weighted by atomic mass is 10.1. The number of benzene rings is 2. The van der Waals surface area contributed by atoms with Gasteiger partial charge in [0.15, 0.2) is 17.8 Å². The first-order chi connectivity index (χ1) is 14.7. The third kappa shape index (κ3) is 4.25. The number of hydrogen-bond acceptors (Lipinski definition) is 6. The molecule has 6 nitrogen and oxygen atoms in total. The first kappa shape index (κ1) is 20.0. The highest BCUT2D eigenvalue weighted by molar-refractivity contribution is 7.98. The van der Waals surface area contributed by atoms with Gasteiger partial charge < -0.3 is 14.2 Å². The largest absolute Gasteiger partial charge is 0.484 e. The maximum atomic E-state index is 6.29. The van der Waals surface area contributed by atoms with Crippen LogP contribution in [0.4, 0.5) is 0 Å². The lowest BCUT2D eigenvalue weighted by Gasteiger charge is -2.21. The van der Waals surface area contributed by atoms with Crippen molar-refractivity contribution in [3.05, 3.63) is 63.4 Å². The summed E-state index contributed by atoms with van der Waals surface area (Å²) in [6, 6.07) is 11.7. The molecule has 0 N–H and O–H groups in total. The van der Waals surface area contributed by atoms with E-state index in [1.54, 1.807) is 11.8 Å². The SMILES string of the molecule is Clc1cc2c(c(CSc3nnc(COc4ccccc4Cl)n3C3CC3)c1)OCOC2. The molecule has 9 heteroatoms. The van der Waals surface area contributed by atoms with Gasteiger partial charge in [-0.05, 0) is 37.1 Å². The van der Waals surface area contributed by atoms with Crippen molar-refractivity contribution in [3.63, 3.8) is 0 Å². The van der Waals surface area contributed by atoms with Crippen molar-refractivity contribution in [2.24, 2.45) is 0 Å². The Hall–Kier alpha value is -1.93. The number of thioether (sulfide) groups is 1. The van der Waals surface area contributed by atoms with Gasteiger partial charge in [0.2, 0.25) is 0 Å². The summed E-state index contributed by atoms with van der Waals surface area (Å²) in [7, 11) is 0. The second-order valence-electron chi connectivity index (χ2n) is 7.17. The summed E-state index contributed by atoms with van der Waals surface area (Å²) >= 11 is 14.1. The molecule has 2 aliphatic rings. The Morgan fingerprint density at radius 1 is 1.17 bits per heavy atom. The van der Waals surface area contributed by atoms with E-state index in [2.05, 4.69) is 14.8 Å². The zero-order chi connectivity index (χ0) is 20.5. The van der Waals surface area contributed by atoms with Crippen LogP contribution in [0.2, 0.25) is 10.0 Å². The Labute approximate surface area is 188 Å². The number of hydrogen-bond donors (Lipinski definition) is 0. The van der Waals surface area contributed by atoms with Crippen LogP contribution in [0, 0.1) is 0 Å². The molecule has 0 spiro atoms. The van der Waals surface area contributed by atoms with E-state index in [0.717, 1.165) is 40.7 Å².